The van der Waals surface area contributed by atoms with E-state index in [-0.39, 0.29) is 16.4 Å². The molecule has 0 atom stereocenters. The molecule has 0 aliphatic rings. The summed E-state index contributed by atoms with van der Waals surface area (Å²) in [5.74, 6) is 0.679. The fourth-order valence-corrected chi connectivity index (χ4v) is 2.67. The molecule has 0 fully saturated rings. The molecule has 24 heavy (non-hydrogen) atoms. The second-order valence-electron chi connectivity index (χ2n) is 4.47. The van der Waals surface area contributed by atoms with Gasteiger partial charge in [0, 0.05) is 6.07 Å². The fraction of sp³-hybridized carbons (Fsp3) is 0.231. The summed E-state index contributed by atoms with van der Waals surface area (Å²) < 4.78 is 1.54. The van der Waals surface area contributed by atoms with Crippen molar-refractivity contribution in [2.75, 3.05) is 11.2 Å². The van der Waals surface area contributed by atoms with E-state index in [4.69, 9.17) is 12.2 Å². The van der Waals surface area contributed by atoms with Gasteiger partial charge in [-0.3, -0.25) is 25.7 Å². The monoisotopic (exact) mass is 366 g/mol. The zero-order valence-electron chi connectivity index (χ0n) is 12.8. The van der Waals surface area contributed by atoms with Gasteiger partial charge in [-0.15, -0.1) is 10.2 Å². The Morgan fingerprint density at radius 3 is 2.79 bits per heavy atom. The zero-order chi connectivity index (χ0) is 17.7. The molecule has 1 heterocycles. The molecule has 1 aromatic carbocycles. The Labute approximate surface area is 147 Å². The highest BCUT2D eigenvalue weighted by atomic mass is 32.2. The summed E-state index contributed by atoms with van der Waals surface area (Å²) in [4.78, 5) is 22.6. The van der Waals surface area contributed by atoms with Crippen LogP contribution in [-0.4, -0.2) is 36.6 Å². The first-order valence-corrected chi connectivity index (χ1v) is 8.24. The van der Waals surface area contributed by atoms with Gasteiger partial charge in [-0.2, -0.15) is 0 Å². The van der Waals surface area contributed by atoms with Gasteiger partial charge < -0.3 is 0 Å². The van der Waals surface area contributed by atoms with Crippen LogP contribution in [-0.2, 0) is 0 Å². The topological polar surface area (TPSA) is 115 Å². The van der Waals surface area contributed by atoms with Crippen molar-refractivity contribution in [2.24, 2.45) is 0 Å². The minimum absolute atomic E-state index is 0.0148. The summed E-state index contributed by atoms with van der Waals surface area (Å²) in [7, 11) is 0. The van der Waals surface area contributed by atoms with Gasteiger partial charge in [-0.1, -0.05) is 30.8 Å². The van der Waals surface area contributed by atoms with Gasteiger partial charge in [-0.25, -0.2) is 4.68 Å². The Kier molecular flexibility index (Phi) is 5.82. The molecule has 1 aromatic heterocycles. The minimum Gasteiger partial charge on any atom is -0.297 e. The summed E-state index contributed by atoms with van der Waals surface area (Å²) in [6, 6.07) is 5.64. The lowest BCUT2D eigenvalue weighted by molar-refractivity contribution is -0.385. The second kappa shape index (κ2) is 7.84. The molecule has 9 nitrogen and oxygen atoms in total. The number of aryl methyl sites for hydroxylation is 1. The van der Waals surface area contributed by atoms with E-state index in [1.807, 2.05) is 6.92 Å². The van der Waals surface area contributed by atoms with Gasteiger partial charge in [0.05, 0.1) is 4.92 Å². The Morgan fingerprint density at radius 2 is 2.12 bits per heavy atom. The first-order valence-electron chi connectivity index (χ1n) is 6.84. The number of thiocarbonyl (C=S) groups is 1. The van der Waals surface area contributed by atoms with Crippen molar-refractivity contribution in [2.45, 2.75) is 19.0 Å². The van der Waals surface area contributed by atoms with Gasteiger partial charge >= 0.3 is 0 Å². The first kappa shape index (κ1) is 17.8. The average Bonchev–Trinajstić information content (AvgIpc) is 2.88. The van der Waals surface area contributed by atoms with Crippen molar-refractivity contribution in [3.05, 3.63) is 45.8 Å². The summed E-state index contributed by atoms with van der Waals surface area (Å²) in [6.07, 6.45) is 0. The highest BCUT2D eigenvalue weighted by molar-refractivity contribution is 7.99. The Hall–Kier alpha value is -2.53. The van der Waals surface area contributed by atoms with E-state index in [0.717, 1.165) is 5.75 Å². The van der Waals surface area contributed by atoms with E-state index in [1.165, 1.54) is 40.7 Å². The number of nitro benzene ring substituents is 1. The third-order valence-electron chi connectivity index (χ3n) is 2.85. The number of rotatable bonds is 5. The molecule has 11 heteroatoms. The number of hydrogen-bond donors (Lipinski definition) is 2. The summed E-state index contributed by atoms with van der Waals surface area (Å²) >= 11 is 6.54. The third kappa shape index (κ3) is 4.06. The van der Waals surface area contributed by atoms with Crippen molar-refractivity contribution in [1.82, 2.24) is 20.2 Å². The number of benzene rings is 1. The summed E-state index contributed by atoms with van der Waals surface area (Å²) in [5, 5.41) is 21.9. The normalized spacial score (nSPS) is 10.2. The van der Waals surface area contributed by atoms with E-state index in [9.17, 15) is 14.9 Å². The molecular weight excluding hydrogens is 352 g/mol. The molecule has 0 spiro atoms. The largest absolute Gasteiger partial charge is 0.297 e. The lowest BCUT2D eigenvalue weighted by Gasteiger charge is -2.12. The first-order chi connectivity index (χ1) is 11.4. The van der Waals surface area contributed by atoms with Crippen LogP contribution in [0, 0.1) is 17.0 Å². The number of carbonyl (C=O) groups excluding carboxylic acids is 1. The van der Waals surface area contributed by atoms with Crippen LogP contribution in [0.2, 0.25) is 0 Å². The number of para-hydroxylation sites is 1. The van der Waals surface area contributed by atoms with Crippen LogP contribution in [0.3, 0.4) is 0 Å². The molecule has 1 amide bonds. The molecule has 0 radical (unpaired) electrons. The SMILES string of the molecule is CCSc1nnc(C)n1NC(=S)NC(=O)c1ccccc1[N+](=O)[O-]. The number of amides is 1. The number of aromatic nitrogens is 3. The molecule has 0 saturated carbocycles. The Balaban J connectivity index is 2.12. The number of hydrogen-bond acceptors (Lipinski definition) is 7. The van der Waals surface area contributed by atoms with Gasteiger partial charge in [0.15, 0.2) is 5.11 Å². The van der Waals surface area contributed by atoms with E-state index in [2.05, 4.69) is 20.9 Å². The molecule has 0 aliphatic heterocycles. The fourth-order valence-electron chi connectivity index (χ4n) is 1.82. The van der Waals surface area contributed by atoms with Crippen LogP contribution >= 0.6 is 24.0 Å². The lowest BCUT2D eigenvalue weighted by Crippen LogP contribution is -2.38. The van der Waals surface area contributed by atoms with Crippen LogP contribution in [0.25, 0.3) is 0 Å². The number of nitrogens with zero attached hydrogens (tertiary/aromatic N) is 4. The maximum atomic E-state index is 12.2. The van der Waals surface area contributed by atoms with Crippen molar-refractivity contribution in [3.8, 4) is 0 Å². The smallest absolute Gasteiger partial charge is 0.282 e. The van der Waals surface area contributed by atoms with Gasteiger partial charge in [0.1, 0.15) is 11.4 Å². The van der Waals surface area contributed by atoms with Crippen molar-refractivity contribution in [1.29, 1.82) is 0 Å². The van der Waals surface area contributed by atoms with Gasteiger partial charge in [0.2, 0.25) is 5.16 Å². The molecule has 0 bridgehead atoms. The maximum absolute atomic E-state index is 12.2. The highest BCUT2D eigenvalue weighted by Gasteiger charge is 2.20. The third-order valence-corrected chi connectivity index (χ3v) is 3.86. The van der Waals surface area contributed by atoms with E-state index in [0.29, 0.717) is 11.0 Å². The average molecular weight is 366 g/mol. The Morgan fingerprint density at radius 1 is 1.42 bits per heavy atom. The summed E-state index contributed by atoms with van der Waals surface area (Å²) in [6.45, 7) is 3.69. The number of carbonyl (C=O) groups is 1. The number of nitro groups is 1. The van der Waals surface area contributed by atoms with Crippen molar-refractivity contribution in [3.63, 3.8) is 0 Å². The molecule has 0 unspecified atom stereocenters. The molecule has 0 saturated heterocycles. The second-order valence-corrected chi connectivity index (χ2v) is 6.11. The van der Waals surface area contributed by atoms with Crippen LogP contribution < -0.4 is 10.7 Å². The molecular formula is C13H14N6O3S2. The van der Waals surface area contributed by atoms with E-state index >= 15 is 0 Å². The predicted molar refractivity (Wildman–Crippen MR) is 93.7 cm³/mol. The van der Waals surface area contributed by atoms with Crippen molar-refractivity contribution < 1.29 is 9.72 Å². The van der Waals surface area contributed by atoms with Crippen LogP contribution in [0.15, 0.2) is 29.4 Å². The van der Waals surface area contributed by atoms with Crippen molar-refractivity contribution >= 4 is 40.7 Å². The highest BCUT2D eigenvalue weighted by Crippen LogP contribution is 2.17. The van der Waals surface area contributed by atoms with Gasteiger partial charge in [0.25, 0.3) is 11.6 Å². The standard InChI is InChI=1S/C13H14N6O3S2/c1-3-24-13-16-15-8(2)18(13)17-12(23)14-11(20)9-6-4-5-7-10(9)19(21)22/h4-7H,3H2,1-2H3,(H2,14,17,20,23). The van der Waals surface area contributed by atoms with Gasteiger partial charge in [-0.05, 0) is 31.0 Å². The molecule has 0 aliphatic carbocycles. The van der Waals surface area contributed by atoms with Crippen LogP contribution in [0.5, 0.6) is 0 Å². The maximum Gasteiger partial charge on any atom is 0.282 e. The van der Waals surface area contributed by atoms with E-state index in [1.54, 1.807) is 6.92 Å². The quantitative estimate of drug-likeness (QED) is 0.357. The van der Waals surface area contributed by atoms with E-state index < -0.39 is 10.8 Å². The predicted octanol–water partition coefficient (Wildman–Crippen LogP) is 1.87. The molecule has 126 valence electrons. The molecule has 2 aromatic rings. The van der Waals surface area contributed by atoms with Crippen LogP contribution in [0.4, 0.5) is 5.69 Å². The number of nitrogens with one attached hydrogen (secondary N) is 2. The number of thioether (sulfide) groups is 1. The van der Waals surface area contributed by atoms with Crippen LogP contribution in [0.1, 0.15) is 23.1 Å². The summed E-state index contributed by atoms with van der Waals surface area (Å²) in [5.41, 5.74) is 2.43. The minimum atomic E-state index is -0.671. The Bertz CT molecular complexity index is 792. The molecule has 2 rings (SSSR count). The zero-order valence-corrected chi connectivity index (χ0v) is 14.5. The lowest BCUT2D eigenvalue weighted by atomic mass is 10.1. The molecule has 2 N–H and O–H groups in total.